The van der Waals surface area contributed by atoms with Crippen LogP contribution in [0.2, 0.25) is 0 Å². The fourth-order valence-corrected chi connectivity index (χ4v) is 2.48. The fourth-order valence-electron chi connectivity index (χ4n) is 2.48. The molecule has 0 heterocycles. The lowest BCUT2D eigenvalue weighted by Crippen LogP contribution is -2.37. The van der Waals surface area contributed by atoms with E-state index < -0.39 is 0 Å². The summed E-state index contributed by atoms with van der Waals surface area (Å²) in [4.78, 5) is 2.00. The molecule has 0 saturated carbocycles. The van der Waals surface area contributed by atoms with Crippen molar-refractivity contribution in [2.75, 3.05) is 20.3 Å². The van der Waals surface area contributed by atoms with E-state index in [0.717, 1.165) is 6.54 Å². The molecule has 94 valence electrons. The highest BCUT2D eigenvalue weighted by Crippen LogP contribution is 2.23. The highest BCUT2D eigenvalue weighted by molar-refractivity contribution is 5.35. The molecule has 0 amide bonds. The van der Waals surface area contributed by atoms with E-state index in [-0.39, 0.29) is 19.3 Å². The molecule has 1 aromatic rings. The molecule has 2 rings (SSSR count). The molecule has 0 saturated heterocycles. The van der Waals surface area contributed by atoms with Crippen LogP contribution in [0, 0.1) is 0 Å². The molecular formula is C14H21NO2. The summed E-state index contributed by atoms with van der Waals surface area (Å²) in [6.07, 6.45) is 3.67. The summed E-state index contributed by atoms with van der Waals surface area (Å²) in [5.74, 6) is 0. The standard InChI is InChI=1S/C14H21NO2/c1-15(14(9-16)10-17)8-11-5-6-12-3-2-4-13(12)7-11/h5-7,14,16-17H,2-4,8-10H2,1H3. The van der Waals surface area contributed by atoms with E-state index in [2.05, 4.69) is 18.2 Å². The van der Waals surface area contributed by atoms with Gasteiger partial charge in [-0.1, -0.05) is 18.2 Å². The van der Waals surface area contributed by atoms with Gasteiger partial charge in [0.1, 0.15) is 0 Å². The lowest BCUT2D eigenvalue weighted by Gasteiger charge is -2.24. The highest BCUT2D eigenvalue weighted by atomic mass is 16.3. The molecule has 0 unspecified atom stereocenters. The largest absolute Gasteiger partial charge is 0.395 e. The Morgan fingerprint density at radius 3 is 2.59 bits per heavy atom. The van der Waals surface area contributed by atoms with E-state index in [4.69, 9.17) is 10.2 Å². The minimum Gasteiger partial charge on any atom is -0.395 e. The van der Waals surface area contributed by atoms with E-state index in [0.29, 0.717) is 0 Å². The Labute approximate surface area is 103 Å². The zero-order valence-electron chi connectivity index (χ0n) is 10.4. The van der Waals surface area contributed by atoms with Gasteiger partial charge in [-0.3, -0.25) is 4.90 Å². The summed E-state index contributed by atoms with van der Waals surface area (Å²) in [5.41, 5.74) is 4.22. The lowest BCUT2D eigenvalue weighted by atomic mass is 10.1. The van der Waals surface area contributed by atoms with Crippen LogP contribution in [-0.4, -0.2) is 41.4 Å². The third kappa shape index (κ3) is 2.86. The highest BCUT2D eigenvalue weighted by Gasteiger charge is 2.15. The molecule has 0 aliphatic heterocycles. The Balaban J connectivity index is 2.03. The number of aryl methyl sites for hydroxylation is 2. The van der Waals surface area contributed by atoms with Crippen molar-refractivity contribution in [2.24, 2.45) is 0 Å². The van der Waals surface area contributed by atoms with Crippen LogP contribution in [-0.2, 0) is 19.4 Å². The second-order valence-electron chi connectivity index (χ2n) is 4.89. The van der Waals surface area contributed by atoms with E-state index in [1.807, 2.05) is 11.9 Å². The SMILES string of the molecule is CN(Cc1ccc2c(c1)CCC2)C(CO)CO. The summed E-state index contributed by atoms with van der Waals surface area (Å²) in [7, 11) is 1.93. The second-order valence-corrected chi connectivity index (χ2v) is 4.89. The van der Waals surface area contributed by atoms with Crippen molar-refractivity contribution < 1.29 is 10.2 Å². The molecule has 17 heavy (non-hydrogen) atoms. The lowest BCUT2D eigenvalue weighted by molar-refractivity contribution is 0.0873. The van der Waals surface area contributed by atoms with Crippen LogP contribution in [0.3, 0.4) is 0 Å². The summed E-state index contributed by atoms with van der Waals surface area (Å²) < 4.78 is 0. The molecule has 0 bridgehead atoms. The summed E-state index contributed by atoms with van der Waals surface area (Å²) >= 11 is 0. The smallest absolute Gasteiger partial charge is 0.0609 e. The van der Waals surface area contributed by atoms with Gasteiger partial charge < -0.3 is 10.2 Å². The molecule has 1 aliphatic rings. The van der Waals surface area contributed by atoms with Gasteiger partial charge in [-0.15, -0.1) is 0 Å². The molecule has 2 N–H and O–H groups in total. The van der Waals surface area contributed by atoms with Gasteiger partial charge in [0.15, 0.2) is 0 Å². The van der Waals surface area contributed by atoms with Gasteiger partial charge in [-0.25, -0.2) is 0 Å². The molecular weight excluding hydrogens is 214 g/mol. The van der Waals surface area contributed by atoms with Crippen LogP contribution in [0.4, 0.5) is 0 Å². The average Bonchev–Trinajstić information content (AvgIpc) is 2.77. The number of aliphatic hydroxyl groups excluding tert-OH is 2. The van der Waals surface area contributed by atoms with E-state index in [9.17, 15) is 0 Å². The van der Waals surface area contributed by atoms with Crippen LogP contribution < -0.4 is 0 Å². The predicted molar refractivity (Wildman–Crippen MR) is 67.9 cm³/mol. The van der Waals surface area contributed by atoms with Gasteiger partial charge in [-0.05, 0) is 43.0 Å². The van der Waals surface area contributed by atoms with Gasteiger partial charge in [0.2, 0.25) is 0 Å². The number of benzene rings is 1. The average molecular weight is 235 g/mol. The van der Waals surface area contributed by atoms with Crippen LogP contribution in [0.15, 0.2) is 18.2 Å². The number of rotatable bonds is 5. The maximum Gasteiger partial charge on any atom is 0.0609 e. The Morgan fingerprint density at radius 2 is 1.88 bits per heavy atom. The topological polar surface area (TPSA) is 43.7 Å². The van der Waals surface area contributed by atoms with Crippen LogP contribution in [0.25, 0.3) is 0 Å². The molecule has 0 aromatic heterocycles. The van der Waals surface area contributed by atoms with Crippen LogP contribution in [0.1, 0.15) is 23.1 Å². The molecule has 0 radical (unpaired) electrons. The number of hydrogen-bond donors (Lipinski definition) is 2. The van der Waals surface area contributed by atoms with Crippen molar-refractivity contribution in [3.8, 4) is 0 Å². The Morgan fingerprint density at radius 1 is 1.18 bits per heavy atom. The van der Waals surface area contributed by atoms with E-state index >= 15 is 0 Å². The first kappa shape index (κ1) is 12.6. The minimum absolute atomic E-state index is 0.00204. The van der Waals surface area contributed by atoms with Crippen molar-refractivity contribution in [2.45, 2.75) is 31.8 Å². The first-order valence-electron chi connectivity index (χ1n) is 6.27. The molecule has 0 atom stereocenters. The third-order valence-corrected chi connectivity index (χ3v) is 3.64. The maximum absolute atomic E-state index is 9.13. The minimum atomic E-state index is -0.164. The molecule has 0 fully saturated rings. The van der Waals surface area contributed by atoms with E-state index in [1.165, 1.54) is 36.0 Å². The van der Waals surface area contributed by atoms with Crippen molar-refractivity contribution in [3.63, 3.8) is 0 Å². The molecule has 0 spiro atoms. The van der Waals surface area contributed by atoms with Gasteiger partial charge in [-0.2, -0.15) is 0 Å². The van der Waals surface area contributed by atoms with E-state index in [1.54, 1.807) is 0 Å². The Kier molecular flexibility index (Phi) is 4.15. The second kappa shape index (κ2) is 5.63. The van der Waals surface area contributed by atoms with Crippen LogP contribution >= 0.6 is 0 Å². The van der Waals surface area contributed by atoms with Crippen molar-refractivity contribution in [1.82, 2.24) is 4.90 Å². The predicted octanol–water partition coefficient (Wildman–Crippen LogP) is 0.960. The summed E-state index contributed by atoms with van der Waals surface area (Å²) in [6, 6.07) is 6.48. The van der Waals surface area contributed by atoms with Crippen LogP contribution in [0.5, 0.6) is 0 Å². The first-order valence-corrected chi connectivity index (χ1v) is 6.27. The fraction of sp³-hybridized carbons (Fsp3) is 0.571. The summed E-state index contributed by atoms with van der Waals surface area (Å²) in [6.45, 7) is 0.773. The van der Waals surface area contributed by atoms with Crippen molar-refractivity contribution in [1.29, 1.82) is 0 Å². The Hall–Kier alpha value is -0.900. The van der Waals surface area contributed by atoms with Gasteiger partial charge in [0.05, 0.1) is 19.3 Å². The quantitative estimate of drug-likeness (QED) is 0.799. The summed E-state index contributed by atoms with van der Waals surface area (Å²) in [5, 5.41) is 18.3. The zero-order chi connectivity index (χ0) is 12.3. The van der Waals surface area contributed by atoms with Crippen molar-refractivity contribution in [3.05, 3.63) is 34.9 Å². The maximum atomic E-state index is 9.13. The number of hydrogen-bond acceptors (Lipinski definition) is 3. The Bertz CT molecular complexity index is 374. The number of nitrogens with zero attached hydrogens (tertiary/aromatic N) is 1. The molecule has 3 heteroatoms. The van der Waals surface area contributed by atoms with Crippen molar-refractivity contribution >= 4 is 0 Å². The van der Waals surface area contributed by atoms with Gasteiger partial charge >= 0.3 is 0 Å². The number of fused-ring (bicyclic) bond motifs is 1. The first-order chi connectivity index (χ1) is 8.24. The number of aliphatic hydroxyl groups is 2. The monoisotopic (exact) mass is 235 g/mol. The third-order valence-electron chi connectivity index (χ3n) is 3.64. The normalized spacial score (nSPS) is 14.6. The van der Waals surface area contributed by atoms with Gasteiger partial charge in [0.25, 0.3) is 0 Å². The molecule has 1 aromatic carbocycles. The van der Waals surface area contributed by atoms with Gasteiger partial charge in [0, 0.05) is 6.54 Å². The zero-order valence-corrected chi connectivity index (χ0v) is 10.4. The number of likely N-dealkylation sites (N-methyl/N-ethyl adjacent to an activating group) is 1. The molecule has 1 aliphatic carbocycles. The molecule has 3 nitrogen and oxygen atoms in total.